The number of methoxy groups -OCH3 is 1. The molecular formula is C17H29NOS. The normalized spacial score (nSPS) is 13.4. The van der Waals surface area contributed by atoms with E-state index in [-0.39, 0.29) is 5.41 Å². The summed E-state index contributed by atoms with van der Waals surface area (Å²) in [5.74, 6) is 1.04. The van der Waals surface area contributed by atoms with Crippen LogP contribution in [-0.4, -0.2) is 32.1 Å². The minimum atomic E-state index is 0.227. The second kappa shape index (κ2) is 8.71. The third-order valence-electron chi connectivity index (χ3n) is 3.22. The van der Waals surface area contributed by atoms with Crippen molar-refractivity contribution in [2.45, 2.75) is 50.5 Å². The highest BCUT2D eigenvalue weighted by atomic mass is 32.2. The van der Waals surface area contributed by atoms with Crippen LogP contribution >= 0.6 is 11.8 Å². The number of nitrogens with one attached hydrogen (secondary N) is 1. The Bertz CT molecular complexity index is 370. The van der Waals surface area contributed by atoms with Crippen molar-refractivity contribution in [1.29, 1.82) is 0 Å². The maximum Gasteiger partial charge on any atom is 0.0624 e. The average Bonchev–Trinajstić information content (AvgIpc) is 2.41. The van der Waals surface area contributed by atoms with Crippen LogP contribution in [0.5, 0.6) is 0 Å². The van der Waals surface area contributed by atoms with Crippen molar-refractivity contribution in [3.63, 3.8) is 0 Å². The van der Waals surface area contributed by atoms with Crippen molar-refractivity contribution in [3.05, 3.63) is 29.8 Å². The van der Waals surface area contributed by atoms with Crippen LogP contribution in [-0.2, 0) is 10.2 Å². The van der Waals surface area contributed by atoms with E-state index in [1.165, 1.54) is 10.5 Å². The lowest BCUT2D eigenvalue weighted by Gasteiger charge is -2.20. The van der Waals surface area contributed by atoms with Crippen molar-refractivity contribution in [1.82, 2.24) is 5.32 Å². The maximum atomic E-state index is 5.28. The minimum absolute atomic E-state index is 0.227. The van der Waals surface area contributed by atoms with Crippen LogP contribution in [0.15, 0.2) is 29.2 Å². The standard InChI is InChI=1S/C17H29NOS/c1-6-11-18-15(12-19-5)13-20-16-9-7-14(8-10-16)17(2,3)4/h7-10,15,18H,6,11-13H2,1-5H3. The van der Waals surface area contributed by atoms with Gasteiger partial charge in [0.05, 0.1) is 6.61 Å². The lowest BCUT2D eigenvalue weighted by atomic mass is 9.87. The van der Waals surface area contributed by atoms with E-state index in [2.05, 4.69) is 57.3 Å². The van der Waals surface area contributed by atoms with E-state index in [0.29, 0.717) is 6.04 Å². The number of thioether (sulfide) groups is 1. The number of rotatable bonds is 8. The fourth-order valence-electron chi connectivity index (χ4n) is 1.96. The van der Waals surface area contributed by atoms with Crippen LogP contribution in [0.1, 0.15) is 39.7 Å². The summed E-state index contributed by atoms with van der Waals surface area (Å²) in [6.45, 7) is 10.8. The van der Waals surface area contributed by atoms with E-state index >= 15 is 0 Å². The molecule has 0 saturated heterocycles. The van der Waals surface area contributed by atoms with Gasteiger partial charge in [-0.1, -0.05) is 39.8 Å². The molecular weight excluding hydrogens is 266 g/mol. The van der Waals surface area contributed by atoms with Crippen molar-refractivity contribution in [3.8, 4) is 0 Å². The highest BCUT2D eigenvalue weighted by Crippen LogP contribution is 2.25. The van der Waals surface area contributed by atoms with Gasteiger partial charge in [0, 0.05) is 23.8 Å². The summed E-state index contributed by atoms with van der Waals surface area (Å²) in [5.41, 5.74) is 1.61. The molecule has 20 heavy (non-hydrogen) atoms. The van der Waals surface area contributed by atoms with E-state index in [0.717, 1.165) is 25.3 Å². The quantitative estimate of drug-likeness (QED) is 0.730. The van der Waals surface area contributed by atoms with E-state index in [4.69, 9.17) is 4.74 Å². The van der Waals surface area contributed by atoms with Gasteiger partial charge in [-0.2, -0.15) is 0 Å². The molecule has 0 amide bonds. The predicted octanol–water partition coefficient (Wildman–Crippen LogP) is 4.09. The van der Waals surface area contributed by atoms with Gasteiger partial charge in [-0.25, -0.2) is 0 Å². The summed E-state index contributed by atoms with van der Waals surface area (Å²) in [7, 11) is 1.77. The zero-order valence-corrected chi connectivity index (χ0v) is 14.3. The van der Waals surface area contributed by atoms with Crippen LogP contribution in [0.3, 0.4) is 0 Å². The Balaban J connectivity index is 2.51. The molecule has 1 N–H and O–H groups in total. The molecule has 0 aliphatic rings. The highest BCUT2D eigenvalue weighted by molar-refractivity contribution is 7.99. The van der Waals surface area contributed by atoms with Crippen LogP contribution in [0.25, 0.3) is 0 Å². The predicted molar refractivity (Wildman–Crippen MR) is 89.8 cm³/mol. The van der Waals surface area contributed by atoms with Gasteiger partial charge in [0.1, 0.15) is 0 Å². The number of hydrogen-bond acceptors (Lipinski definition) is 3. The highest BCUT2D eigenvalue weighted by Gasteiger charge is 2.13. The van der Waals surface area contributed by atoms with Crippen LogP contribution in [0.2, 0.25) is 0 Å². The third kappa shape index (κ3) is 6.29. The molecule has 0 aromatic heterocycles. The van der Waals surface area contributed by atoms with Gasteiger partial charge in [-0.3, -0.25) is 0 Å². The van der Waals surface area contributed by atoms with E-state index in [1.807, 2.05) is 11.8 Å². The first-order valence-electron chi connectivity index (χ1n) is 7.43. The van der Waals surface area contributed by atoms with Gasteiger partial charge in [-0.05, 0) is 36.1 Å². The number of ether oxygens (including phenoxy) is 1. The lowest BCUT2D eigenvalue weighted by Crippen LogP contribution is -2.35. The Morgan fingerprint density at radius 1 is 1.20 bits per heavy atom. The minimum Gasteiger partial charge on any atom is -0.383 e. The maximum absolute atomic E-state index is 5.28. The second-order valence-corrected chi connectivity index (χ2v) is 7.29. The molecule has 114 valence electrons. The summed E-state index contributed by atoms with van der Waals surface area (Å²) < 4.78 is 5.28. The van der Waals surface area contributed by atoms with Crippen LogP contribution in [0.4, 0.5) is 0 Å². The zero-order chi connectivity index (χ0) is 15.0. The van der Waals surface area contributed by atoms with E-state index in [1.54, 1.807) is 7.11 Å². The van der Waals surface area contributed by atoms with Gasteiger partial charge in [-0.15, -0.1) is 11.8 Å². The molecule has 3 heteroatoms. The molecule has 0 saturated carbocycles. The molecule has 1 aromatic rings. The Kier molecular flexibility index (Phi) is 7.63. The molecule has 1 atom stereocenters. The topological polar surface area (TPSA) is 21.3 Å². The zero-order valence-electron chi connectivity index (χ0n) is 13.5. The molecule has 0 spiro atoms. The van der Waals surface area contributed by atoms with Crippen LogP contribution in [0, 0.1) is 0 Å². The van der Waals surface area contributed by atoms with Crippen LogP contribution < -0.4 is 5.32 Å². The van der Waals surface area contributed by atoms with Gasteiger partial charge >= 0.3 is 0 Å². The van der Waals surface area contributed by atoms with E-state index in [9.17, 15) is 0 Å². The summed E-state index contributed by atoms with van der Waals surface area (Å²) in [6, 6.07) is 9.37. The number of hydrogen-bond donors (Lipinski definition) is 1. The van der Waals surface area contributed by atoms with Crippen molar-refractivity contribution >= 4 is 11.8 Å². The molecule has 0 radical (unpaired) electrons. The number of benzene rings is 1. The Morgan fingerprint density at radius 2 is 1.85 bits per heavy atom. The molecule has 1 aromatic carbocycles. The smallest absolute Gasteiger partial charge is 0.0624 e. The molecule has 0 heterocycles. The summed E-state index contributed by atoms with van der Waals surface area (Å²) in [4.78, 5) is 1.33. The molecule has 1 unspecified atom stereocenters. The SMILES string of the molecule is CCCNC(COC)CSc1ccc(C(C)(C)C)cc1. The fraction of sp³-hybridized carbons (Fsp3) is 0.647. The summed E-state index contributed by atoms with van der Waals surface area (Å²) in [6.07, 6.45) is 1.16. The molecule has 1 rings (SSSR count). The van der Waals surface area contributed by atoms with Crippen molar-refractivity contribution < 1.29 is 4.74 Å². The summed E-state index contributed by atoms with van der Waals surface area (Å²) in [5, 5.41) is 3.53. The second-order valence-electron chi connectivity index (χ2n) is 6.19. The van der Waals surface area contributed by atoms with Gasteiger partial charge < -0.3 is 10.1 Å². The molecule has 0 bridgehead atoms. The third-order valence-corrected chi connectivity index (χ3v) is 4.40. The Morgan fingerprint density at radius 3 is 2.35 bits per heavy atom. The Hall–Kier alpha value is -0.510. The van der Waals surface area contributed by atoms with Gasteiger partial charge in [0.25, 0.3) is 0 Å². The van der Waals surface area contributed by atoms with Gasteiger partial charge in [0.15, 0.2) is 0 Å². The lowest BCUT2D eigenvalue weighted by molar-refractivity contribution is 0.174. The molecule has 0 fully saturated rings. The Labute approximate surface area is 128 Å². The van der Waals surface area contributed by atoms with Crippen molar-refractivity contribution in [2.24, 2.45) is 0 Å². The van der Waals surface area contributed by atoms with E-state index < -0.39 is 0 Å². The molecule has 2 nitrogen and oxygen atoms in total. The fourth-order valence-corrected chi connectivity index (χ4v) is 2.90. The molecule has 0 aliphatic carbocycles. The largest absolute Gasteiger partial charge is 0.383 e. The first-order chi connectivity index (χ1) is 9.47. The first-order valence-corrected chi connectivity index (χ1v) is 8.41. The summed E-state index contributed by atoms with van der Waals surface area (Å²) >= 11 is 1.90. The average molecular weight is 295 g/mol. The van der Waals surface area contributed by atoms with Crippen molar-refractivity contribution in [2.75, 3.05) is 26.0 Å². The molecule has 0 aliphatic heterocycles. The van der Waals surface area contributed by atoms with Gasteiger partial charge in [0.2, 0.25) is 0 Å². The monoisotopic (exact) mass is 295 g/mol. The first kappa shape index (κ1) is 17.5.